The third-order valence-corrected chi connectivity index (χ3v) is 3.42. The summed E-state index contributed by atoms with van der Waals surface area (Å²) < 4.78 is 12.1. The van der Waals surface area contributed by atoms with Crippen molar-refractivity contribution in [2.75, 3.05) is 0 Å². The van der Waals surface area contributed by atoms with Crippen LogP contribution in [-0.4, -0.2) is 32.8 Å². The molecule has 1 aliphatic rings. The summed E-state index contributed by atoms with van der Waals surface area (Å²) in [4.78, 5) is 36.5. The topological polar surface area (TPSA) is 111 Å². The molecule has 8 nitrogen and oxygen atoms in total. The number of aromatic amines is 1. The number of rotatable bonds is 4. The second-order valence-corrected chi connectivity index (χ2v) is 4.90. The Labute approximate surface area is 120 Å². The number of H-pyrrole nitrogens is 1. The lowest BCUT2D eigenvalue weighted by Gasteiger charge is -2.16. The Morgan fingerprint density at radius 2 is 2.29 bits per heavy atom. The number of hydrogen-bond donors (Lipinski definition) is 2. The van der Waals surface area contributed by atoms with E-state index >= 15 is 0 Å². The largest absolute Gasteiger partial charge is 0.460 e. The molecule has 0 aromatic carbocycles. The van der Waals surface area contributed by atoms with Gasteiger partial charge in [0.1, 0.15) is 12.3 Å². The van der Waals surface area contributed by atoms with Gasteiger partial charge in [0, 0.05) is 19.5 Å². The van der Waals surface area contributed by atoms with Crippen LogP contribution < -0.4 is 11.2 Å². The van der Waals surface area contributed by atoms with E-state index < -0.39 is 36.2 Å². The quantitative estimate of drug-likeness (QED) is 0.736. The molecule has 116 valence electrons. The van der Waals surface area contributed by atoms with Crippen molar-refractivity contribution in [2.45, 2.75) is 51.7 Å². The van der Waals surface area contributed by atoms with Gasteiger partial charge < -0.3 is 14.6 Å². The van der Waals surface area contributed by atoms with Crippen LogP contribution in [0.1, 0.15) is 38.5 Å². The smallest absolute Gasteiger partial charge is 0.330 e. The highest BCUT2D eigenvalue weighted by Gasteiger charge is 2.37. The number of nitrogens with one attached hydrogen (secondary N) is 1. The molecule has 1 aromatic rings. The third-order valence-electron chi connectivity index (χ3n) is 3.42. The molecule has 21 heavy (non-hydrogen) atoms. The molecule has 0 saturated carbocycles. The van der Waals surface area contributed by atoms with Gasteiger partial charge in [0.2, 0.25) is 0 Å². The molecule has 1 aliphatic heterocycles. The highest BCUT2D eigenvalue weighted by Crippen LogP contribution is 2.31. The van der Waals surface area contributed by atoms with E-state index in [-0.39, 0.29) is 11.7 Å². The van der Waals surface area contributed by atoms with E-state index in [1.165, 1.54) is 17.7 Å². The zero-order valence-corrected chi connectivity index (χ0v) is 11.9. The van der Waals surface area contributed by atoms with Crippen molar-refractivity contribution in [1.82, 2.24) is 9.55 Å². The molecule has 2 N–H and O–H groups in total. The van der Waals surface area contributed by atoms with Gasteiger partial charge in [0.05, 0.1) is 18.3 Å². The summed E-state index contributed by atoms with van der Waals surface area (Å²) in [6.45, 7) is 2.72. The molecule has 1 fully saturated rings. The number of hydrogen-bond acceptors (Lipinski definition) is 6. The summed E-state index contributed by atoms with van der Waals surface area (Å²) >= 11 is 0. The average molecular weight is 298 g/mol. The van der Waals surface area contributed by atoms with Gasteiger partial charge in [-0.25, -0.2) is 4.79 Å². The molecule has 1 aromatic heterocycles. The first-order chi connectivity index (χ1) is 9.96. The molecule has 3 atom stereocenters. The molecule has 1 unspecified atom stereocenters. The number of aliphatic hydroxyl groups excluding tert-OH is 1. The van der Waals surface area contributed by atoms with Gasteiger partial charge >= 0.3 is 11.7 Å². The minimum atomic E-state index is -0.644. The standard InChI is InChI=1S/C13H18N2O6/c1-3-9-10(20-7(2)17)4-11(21-9)15-5-8(6-16)12(18)14-13(15)19/h5,9-11,16H,3-4,6H2,1-2H3,(H,14,18,19)/t9-,10+,11?/m1/s1. The van der Waals surface area contributed by atoms with Gasteiger partial charge in [-0.3, -0.25) is 19.1 Å². The van der Waals surface area contributed by atoms with Gasteiger partial charge in [0.25, 0.3) is 5.56 Å². The third kappa shape index (κ3) is 3.22. The molecular weight excluding hydrogens is 280 g/mol. The van der Waals surface area contributed by atoms with Crippen molar-refractivity contribution in [3.05, 3.63) is 32.6 Å². The van der Waals surface area contributed by atoms with Crippen molar-refractivity contribution >= 4 is 5.97 Å². The van der Waals surface area contributed by atoms with Crippen LogP contribution in [0.25, 0.3) is 0 Å². The van der Waals surface area contributed by atoms with Crippen LogP contribution in [0.2, 0.25) is 0 Å². The average Bonchev–Trinajstić information content (AvgIpc) is 2.81. The van der Waals surface area contributed by atoms with Crippen molar-refractivity contribution in [3.63, 3.8) is 0 Å². The van der Waals surface area contributed by atoms with Crippen LogP contribution in [-0.2, 0) is 20.9 Å². The molecular formula is C13H18N2O6. The number of aliphatic hydroxyl groups is 1. The fraction of sp³-hybridized carbons (Fsp3) is 0.615. The van der Waals surface area contributed by atoms with E-state index in [2.05, 4.69) is 4.98 Å². The predicted octanol–water partition coefficient (Wildman–Crippen LogP) is -0.342. The lowest BCUT2D eigenvalue weighted by Crippen LogP contribution is -2.34. The Bertz CT molecular complexity index is 634. The fourth-order valence-electron chi connectivity index (χ4n) is 2.42. The molecule has 0 aliphatic carbocycles. The maximum absolute atomic E-state index is 11.9. The van der Waals surface area contributed by atoms with E-state index in [9.17, 15) is 14.4 Å². The number of carbonyl (C=O) groups excluding carboxylic acids is 1. The van der Waals surface area contributed by atoms with E-state index in [1.807, 2.05) is 6.92 Å². The van der Waals surface area contributed by atoms with E-state index in [0.717, 1.165) is 0 Å². The number of ether oxygens (including phenoxy) is 2. The Hall–Kier alpha value is -1.93. The zero-order chi connectivity index (χ0) is 15.6. The molecule has 2 rings (SSSR count). The fourth-order valence-corrected chi connectivity index (χ4v) is 2.42. The number of esters is 1. The van der Waals surface area contributed by atoms with Crippen LogP contribution >= 0.6 is 0 Å². The maximum atomic E-state index is 11.9. The minimum Gasteiger partial charge on any atom is -0.460 e. The first kappa shape index (κ1) is 15.5. The summed E-state index contributed by atoms with van der Waals surface area (Å²) in [7, 11) is 0. The first-order valence-electron chi connectivity index (χ1n) is 6.74. The molecule has 0 radical (unpaired) electrons. The summed E-state index contributed by atoms with van der Waals surface area (Å²) in [5.41, 5.74) is -1.18. The van der Waals surface area contributed by atoms with Gasteiger partial charge in [-0.05, 0) is 6.42 Å². The maximum Gasteiger partial charge on any atom is 0.330 e. The van der Waals surface area contributed by atoms with Crippen LogP contribution in [0.5, 0.6) is 0 Å². The SMILES string of the molecule is CC[C@H]1OC(n2cc(CO)c(=O)[nH]c2=O)C[C@@H]1OC(C)=O. The van der Waals surface area contributed by atoms with Gasteiger partial charge in [-0.1, -0.05) is 6.92 Å². The lowest BCUT2D eigenvalue weighted by molar-refractivity contribution is -0.149. The van der Waals surface area contributed by atoms with Crippen LogP contribution in [0.4, 0.5) is 0 Å². The Balaban J connectivity index is 2.29. The van der Waals surface area contributed by atoms with Crippen molar-refractivity contribution in [2.24, 2.45) is 0 Å². The lowest BCUT2D eigenvalue weighted by atomic mass is 10.1. The summed E-state index contributed by atoms with van der Waals surface area (Å²) in [5.74, 6) is -0.410. The van der Waals surface area contributed by atoms with Gasteiger partial charge in [-0.2, -0.15) is 0 Å². The van der Waals surface area contributed by atoms with Gasteiger partial charge in [0.15, 0.2) is 0 Å². The Morgan fingerprint density at radius 1 is 1.57 bits per heavy atom. The second kappa shape index (κ2) is 6.23. The minimum absolute atomic E-state index is 0.0715. The van der Waals surface area contributed by atoms with Crippen molar-refractivity contribution in [3.8, 4) is 0 Å². The van der Waals surface area contributed by atoms with E-state index in [0.29, 0.717) is 12.8 Å². The van der Waals surface area contributed by atoms with Crippen molar-refractivity contribution in [1.29, 1.82) is 0 Å². The molecule has 0 bridgehead atoms. The summed E-state index contributed by atoms with van der Waals surface area (Å²) in [5, 5.41) is 9.10. The molecule has 1 saturated heterocycles. The number of carbonyl (C=O) groups is 1. The normalized spacial score (nSPS) is 25.0. The van der Waals surface area contributed by atoms with Crippen LogP contribution in [0, 0.1) is 0 Å². The predicted molar refractivity (Wildman–Crippen MR) is 71.6 cm³/mol. The second-order valence-electron chi connectivity index (χ2n) is 4.90. The number of nitrogens with zero attached hydrogens (tertiary/aromatic N) is 1. The monoisotopic (exact) mass is 298 g/mol. The van der Waals surface area contributed by atoms with Crippen LogP contribution in [0.3, 0.4) is 0 Å². The Kier molecular flexibility index (Phi) is 4.59. The number of aromatic nitrogens is 2. The van der Waals surface area contributed by atoms with Crippen molar-refractivity contribution < 1.29 is 19.4 Å². The van der Waals surface area contributed by atoms with E-state index in [1.54, 1.807) is 0 Å². The molecule has 0 spiro atoms. The summed E-state index contributed by atoms with van der Waals surface area (Å²) in [6, 6.07) is 0. The first-order valence-corrected chi connectivity index (χ1v) is 6.74. The molecule has 2 heterocycles. The summed E-state index contributed by atoms with van der Waals surface area (Å²) in [6.07, 6.45) is 0.821. The van der Waals surface area contributed by atoms with E-state index in [4.69, 9.17) is 14.6 Å². The highest BCUT2D eigenvalue weighted by molar-refractivity contribution is 5.66. The molecule has 8 heteroatoms. The molecule has 0 amide bonds. The van der Waals surface area contributed by atoms with Crippen LogP contribution in [0.15, 0.2) is 15.8 Å². The zero-order valence-electron chi connectivity index (χ0n) is 11.9. The van der Waals surface area contributed by atoms with Gasteiger partial charge in [-0.15, -0.1) is 0 Å². The Morgan fingerprint density at radius 3 is 2.86 bits per heavy atom. The highest BCUT2D eigenvalue weighted by atomic mass is 16.6.